The van der Waals surface area contributed by atoms with E-state index in [9.17, 15) is 0 Å². The molecule has 0 saturated carbocycles. The van der Waals surface area contributed by atoms with E-state index < -0.39 is 0 Å². The van der Waals surface area contributed by atoms with E-state index in [2.05, 4.69) is 77.0 Å². The van der Waals surface area contributed by atoms with Gasteiger partial charge in [-0.05, 0) is 23.3 Å². The smallest absolute Gasteiger partial charge is 0.0740 e. The molecule has 0 unspecified atom stereocenters. The lowest BCUT2D eigenvalue weighted by atomic mass is 10.0. The summed E-state index contributed by atoms with van der Waals surface area (Å²) in [5.74, 6) is 0. The highest BCUT2D eigenvalue weighted by Gasteiger charge is 2.11. The minimum absolute atomic E-state index is 0.953. The highest BCUT2D eigenvalue weighted by atomic mass is 15.2. The van der Waals surface area contributed by atoms with E-state index in [-0.39, 0.29) is 0 Å². The second-order valence-electron chi connectivity index (χ2n) is 6.77. The lowest BCUT2D eigenvalue weighted by molar-refractivity contribution is 0.507. The Morgan fingerprint density at radius 2 is 1.81 bits per heavy atom. The van der Waals surface area contributed by atoms with Gasteiger partial charge in [0.15, 0.2) is 0 Å². The highest BCUT2D eigenvalue weighted by Crippen LogP contribution is 2.29. The molecule has 5 rings (SSSR count). The molecule has 3 aromatic heterocycles. The maximum Gasteiger partial charge on any atom is 0.0740 e. The second kappa shape index (κ2) is 5.59. The number of likely N-dealkylation sites (N-methyl/N-ethyl adjacent to an activating group) is 1. The molecule has 0 radical (unpaired) electrons. The Morgan fingerprint density at radius 1 is 0.923 bits per heavy atom. The van der Waals surface area contributed by atoms with Gasteiger partial charge < -0.3 is 4.90 Å². The number of hydrogen-bond acceptors (Lipinski definition) is 3. The molecule has 0 bridgehead atoms. The maximum atomic E-state index is 4.59. The van der Waals surface area contributed by atoms with Crippen molar-refractivity contribution in [3.8, 4) is 11.1 Å². The van der Waals surface area contributed by atoms with E-state index in [4.69, 9.17) is 0 Å². The topological polar surface area (TPSA) is 38.4 Å². The molecule has 1 aliphatic heterocycles. The summed E-state index contributed by atoms with van der Waals surface area (Å²) < 4.78 is 3.86. The lowest BCUT2D eigenvalue weighted by Crippen LogP contribution is -2.13. The molecule has 128 valence electrons. The van der Waals surface area contributed by atoms with Crippen LogP contribution < -0.4 is 0 Å². The number of aromatic nitrogens is 4. The first kappa shape index (κ1) is 15.0. The van der Waals surface area contributed by atoms with Gasteiger partial charge in [0.1, 0.15) is 0 Å². The first-order valence-electron chi connectivity index (χ1n) is 8.67. The highest BCUT2D eigenvalue weighted by molar-refractivity contribution is 5.89. The average molecular weight is 341 g/mol. The van der Waals surface area contributed by atoms with Crippen molar-refractivity contribution in [2.24, 2.45) is 7.05 Å². The van der Waals surface area contributed by atoms with E-state index in [1.165, 1.54) is 5.57 Å². The van der Waals surface area contributed by atoms with E-state index in [0.29, 0.717) is 0 Å². The monoisotopic (exact) mass is 341 g/mol. The fourth-order valence-electron chi connectivity index (χ4n) is 3.54. The first-order chi connectivity index (χ1) is 12.7. The number of nitrogens with zero attached hydrogens (tertiary/aromatic N) is 5. The van der Waals surface area contributed by atoms with Gasteiger partial charge in [-0.25, -0.2) is 4.52 Å². The van der Waals surface area contributed by atoms with E-state index in [1.54, 1.807) is 0 Å². The minimum atomic E-state index is 0.953. The Bertz CT molecular complexity index is 1190. The SMILES string of the molecule is CN1C=C(c2ccc3c(-c4ccc5cnn(C)c5c4)cnn3c2)C=CC1. The van der Waals surface area contributed by atoms with Crippen LogP contribution in [0.3, 0.4) is 0 Å². The zero-order valence-electron chi connectivity index (χ0n) is 14.8. The van der Waals surface area contributed by atoms with Crippen LogP contribution in [0.15, 0.2) is 67.3 Å². The van der Waals surface area contributed by atoms with Gasteiger partial charge in [-0.3, -0.25) is 4.68 Å². The van der Waals surface area contributed by atoms with E-state index in [0.717, 1.165) is 39.7 Å². The molecule has 0 saturated heterocycles. The number of allylic oxidation sites excluding steroid dienone is 2. The van der Waals surface area contributed by atoms with Crippen molar-refractivity contribution >= 4 is 22.0 Å². The number of benzene rings is 1. The summed E-state index contributed by atoms with van der Waals surface area (Å²) in [6, 6.07) is 10.7. The molecule has 0 aliphatic carbocycles. The standard InChI is InChI=1S/C21H19N5/c1-24-9-3-4-17(13-24)18-7-8-20-19(12-23-26(20)14-18)15-5-6-16-11-22-25(2)21(16)10-15/h3-8,10-14H,9H2,1-2H3. The third-order valence-electron chi connectivity index (χ3n) is 4.96. The molecule has 0 atom stereocenters. The molecule has 0 fully saturated rings. The molecule has 4 aromatic rings. The first-order valence-corrected chi connectivity index (χ1v) is 8.67. The van der Waals surface area contributed by atoms with Gasteiger partial charge >= 0.3 is 0 Å². The van der Waals surface area contributed by atoms with Crippen LogP contribution in [0.4, 0.5) is 0 Å². The summed E-state index contributed by atoms with van der Waals surface area (Å²) in [7, 11) is 4.06. The molecule has 4 heterocycles. The van der Waals surface area contributed by atoms with Crippen LogP contribution >= 0.6 is 0 Å². The number of rotatable bonds is 2. The molecule has 5 nitrogen and oxygen atoms in total. The van der Waals surface area contributed by atoms with E-state index in [1.807, 2.05) is 28.6 Å². The Morgan fingerprint density at radius 3 is 2.69 bits per heavy atom. The summed E-state index contributed by atoms with van der Waals surface area (Å²) in [6.45, 7) is 0.953. The van der Waals surface area contributed by atoms with Crippen LogP contribution in [0.25, 0.3) is 33.1 Å². The quantitative estimate of drug-likeness (QED) is 0.558. The summed E-state index contributed by atoms with van der Waals surface area (Å²) in [6.07, 6.45) is 12.4. The Labute approximate surface area is 151 Å². The predicted molar refractivity (Wildman–Crippen MR) is 105 cm³/mol. The van der Waals surface area contributed by atoms with Crippen molar-refractivity contribution in [1.29, 1.82) is 0 Å². The number of fused-ring (bicyclic) bond motifs is 2. The molecule has 0 spiro atoms. The Hall–Kier alpha value is -3.34. The number of pyridine rings is 1. The number of hydrogen-bond donors (Lipinski definition) is 0. The third-order valence-corrected chi connectivity index (χ3v) is 4.96. The fourth-order valence-corrected chi connectivity index (χ4v) is 3.54. The van der Waals surface area contributed by atoms with Crippen molar-refractivity contribution in [3.63, 3.8) is 0 Å². The van der Waals surface area contributed by atoms with Gasteiger partial charge in [0, 0.05) is 49.6 Å². The summed E-state index contributed by atoms with van der Waals surface area (Å²) in [5.41, 5.74) is 6.87. The van der Waals surface area contributed by atoms with Crippen LogP contribution in [0, 0.1) is 0 Å². The normalized spacial score (nSPS) is 14.4. The van der Waals surface area contributed by atoms with Gasteiger partial charge in [-0.15, -0.1) is 0 Å². The maximum absolute atomic E-state index is 4.59. The molecule has 0 N–H and O–H groups in total. The molecule has 5 heteroatoms. The summed E-state index contributed by atoms with van der Waals surface area (Å²) >= 11 is 0. The van der Waals surface area contributed by atoms with Gasteiger partial charge in [-0.2, -0.15) is 10.2 Å². The van der Waals surface area contributed by atoms with Gasteiger partial charge in [0.05, 0.1) is 23.4 Å². The van der Waals surface area contributed by atoms with Crippen molar-refractivity contribution in [1.82, 2.24) is 24.3 Å². The molecule has 26 heavy (non-hydrogen) atoms. The molecular weight excluding hydrogens is 322 g/mol. The van der Waals surface area contributed by atoms with Crippen molar-refractivity contribution in [3.05, 3.63) is 72.8 Å². The van der Waals surface area contributed by atoms with Gasteiger partial charge in [0.25, 0.3) is 0 Å². The van der Waals surface area contributed by atoms with Crippen molar-refractivity contribution in [2.45, 2.75) is 0 Å². The summed E-state index contributed by atoms with van der Waals surface area (Å²) in [5, 5.41) is 10.1. The zero-order chi connectivity index (χ0) is 17.7. The van der Waals surface area contributed by atoms with E-state index >= 15 is 0 Å². The predicted octanol–water partition coefficient (Wildman–Crippen LogP) is 3.73. The van der Waals surface area contributed by atoms with Crippen LogP contribution in [-0.2, 0) is 7.05 Å². The van der Waals surface area contributed by atoms with Crippen molar-refractivity contribution in [2.75, 3.05) is 13.6 Å². The molecular formula is C21H19N5. The molecule has 1 aromatic carbocycles. The van der Waals surface area contributed by atoms with Gasteiger partial charge in [-0.1, -0.05) is 30.4 Å². The zero-order valence-corrected chi connectivity index (χ0v) is 14.8. The van der Waals surface area contributed by atoms with Gasteiger partial charge in [0.2, 0.25) is 0 Å². The van der Waals surface area contributed by atoms with Crippen LogP contribution in [0.5, 0.6) is 0 Å². The van der Waals surface area contributed by atoms with Crippen LogP contribution in [0.1, 0.15) is 5.56 Å². The minimum Gasteiger partial charge on any atom is -0.376 e. The second-order valence-corrected chi connectivity index (χ2v) is 6.77. The summed E-state index contributed by atoms with van der Waals surface area (Å²) in [4.78, 5) is 2.18. The largest absolute Gasteiger partial charge is 0.376 e. The van der Waals surface area contributed by atoms with Crippen molar-refractivity contribution < 1.29 is 0 Å². The van der Waals surface area contributed by atoms with Crippen LogP contribution in [0.2, 0.25) is 0 Å². The Kier molecular flexibility index (Phi) is 3.22. The fraction of sp³-hybridized carbons (Fsp3) is 0.143. The average Bonchev–Trinajstić information content (AvgIpc) is 3.25. The third kappa shape index (κ3) is 2.32. The number of aryl methyl sites for hydroxylation is 1. The van der Waals surface area contributed by atoms with Crippen LogP contribution in [-0.4, -0.2) is 37.9 Å². The lowest BCUT2D eigenvalue weighted by Gasteiger charge is -2.18. The Balaban J connectivity index is 1.61. The molecule has 1 aliphatic rings. The molecule has 0 amide bonds.